The highest BCUT2D eigenvalue weighted by molar-refractivity contribution is 5.93. The number of fused-ring (bicyclic) bond motifs is 1. The molecule has 1 heterocycles. The fourth-order valence-corrected chi connectivity index (χ4v) is 4.30. The Morgan fingerprint density at radius 3 is 2.76 bits per heavy atom. The fraction of sp³-hybridized carbons (Fsp3) is 0.320. The number of aromatic nitrogens is 1. The van der Waals surface area contributed by atoms with Gasteiger partial charge in [0.25, 0.3) is 0 Å². The standard InChI is InChI=1S/C25H25FN2O5/c1-3-32-24(30)25(13-19(25)23(29)28-31)12-16-8-9-22(20(26)11-16)33-14-17-10-15(2)27-21-7-5-4-6-18(17)21/h4-11,19,31H,3,12-14H2,1-2H3,(H,28,29)/t19?,25-/m0/s1. The van der Waals surface area contributed by atoms with Crippen molar-refractivity contribution >= 4 is 22.8 Å². The summed E-state index contributed by atoms with van der Waals surface area (Å²) < 4.78 is 25.7. The zero-order valence-corrected chi connectivity index (χ0v) is 18.4. The summed E-state index contributed by atoms with van der Waals surface area (Å²) in [7, 11) is 0. The lowest BCUT2D eigenvalue weighted by Gasteiger charge is -2.16. The Balaban J connectivity index is 1.51. The molecule has 33 heavy (non-hydrogen) atoms. The van der Waals surface area contributed by atoms with Crippen LogP contribution in [0, 0.1) is 24.1 Å². The highest BCUT2D eigenvalue weighted by Crippen LogP contribution is 2.56. The molecule has 1 amide bonds. The maximum absolute atomic E-state index is 14.8. The summed E-state index contributed by atoms with van der Waals surface area (Å²) in [5.74, 6) is -2.38. The number of amides is 1. The lowest BCUT2D eigenvalue weighted by atomic mass is 9.93. The van der Waals surface area contributed by atoms with E-state index < -0.39 is 29.0 Å². The SMILES string of the molecule is CCOC(=O)[C@@]1(Cc2ccc(OCc3cc(C)nc4ccccc34)c(F)c2)CC1C(=O)NO. The van der Waals surface area contributed by atoms with Crippen LogP contribution in [0.2, 0.25) is 0 Å². The maximum atomic E-state index is 14.8. The zero-order chi connectivity index (χ0) is 23.6. The number of halogens is 1. The van der Waals surface area contributed by atoms with Crippen LogP contribution in [0.4, 0.5) is 4.39 Å². The van der Waals surface area contributed by atoms with Crippen molar-refractivity contribution in [2.45, 2.75) is 33.3 Å². The van der Waals surface area contributed by atoms with Crippen LogP contribution in [0.1, 0.15) is 30.2 Å². The topological polar surface area (TPSA) is 97.8 Å². The number of benzene rings is 2. The number of para-hydroxylation sites is 1. The van der Waals surface area contributed by atoms with Crippen molar-refractivity contribution in [3.8, 4) is 5.75 Å². The van der Waals surface area contributed by atoms with Crippen LogP contribution in [-0.4, -0.2) is 28.7 Å². The molecule has 172 valence electrons. The number of nitrogens with one attached hydrogen (secondary N) is 1. The minimum absolute atomic E-state index is 0.0860. The normalized spacial score (nSPS) is 19.2. The second-order valence-electron chi connectivity index (χ2n) is 8.28. The average molecular weight is 452 g/mol. The van der Waals surface area contributed by atoms with Gasteiger partial charge in [-0.25, -0.2) is 9.87 Å². The molecule has 0 spiro atoms. The molecule has 0 saturated heterocycles. The third-order valence-corrected chi connectivity index (χ3v) is 6.01. The number of hydroxylamine groups is 1. The van der Waals surface area contributed by atoms with Crippen LogP contribution in [0.5, 0.6) is 5.75 Å². The Labute approximate surface area is 190 Å². The predicted octanol–water partition coefficient (Wildman–Crippen LogP) is 3.88. The molecule has 1 fully saturated rings. The van der Waals surface area contributed by atoms with Gasteiger partial charge < -0.3 is 9.47 Å². The lowest BCUT2D eigenvalue weighted by Crippen LogP contribution is -2.30. The van der Waals surface area contributed by atoms with Gasteiger partial charge >= 0.3 is 5.97 Å². The van der Waals surface area contributed by atoms with Crippen molar-refractivity contribution in [1.29, 1.82) is 0 Å². The van der Waals surface area contributed by atoms with Gasteiger partial charge in [0, 0.05) is 16.6 Å². The highest BCUT2D eigenvalue weighted by Gasteiger charge is 2.64. The van der Waals surface area contributed by atoms with Crippen molar-refractivity contribution in [2.24, 2.45) is 11.3 Å². The summed E-state index contributed by atoms with van der Waals surface area (Å²) in [6.45, 7) is 3.91. The van der Waals surface area contributed by atoms with Gasteiger partial charge in [-0.05, 0) is 56.5 Å². The van der Waals surface area contributed by atoms with Crippen LogP contribution < -0.4 is 10.2 Å². The summed E-state index contributed by atoms with van der Waals surface area (Å²) in [6.07, 6.45) is 0.349. The van der Waals surface area contributed by atoms with E-state index in [-0.39, 0.29) is 31.8 Å². The van der Waals surface area contributed by atoms with Gasteiger partial charge in [-0.2, -0.15) is 0 Å². The minimum Gasteiger partial charge on any atom is -0.486 e. The summed E-state index contributed by atoms with van der Waals surface area (Å²) in [5.41, 5.74) is 3.61. The smallest absolute Gasteiger partial charge is 0.313 e. The molecular formula is C25H25FN2O5. The molecule has 3 aromatic rings. The van der Waals surface area contributed by atoms with E-state index in [9.17, 15) is 14.0 Å². The van der Waals surface area contributed by atoms with E-state index in [1.54, 1.807) is 18.5 Å². The number of ether oxygens (including phenoxy) is 2. The second-order valence-corrected chi connectivity index (χ2v) is 8.28. The summed E-state index contributed by atoms with van der Waals surface area (Å²) >= 11 is 0. The predicted molar refractivity (Wildman–Crippen MR) is 118 cm³/mol. The first kappa shape index (κ1) is 22.7. The van der Waals surface area contributed by atoms with Crippen LogP contribution in [0.25, 0.3) is 10.9 Å². The average Bonchev–Trinajstić information content (AvgIpc) is 3.53. The van der Waals surface area contributed by atoms with Crippen molar-refractivity contribution in [3.63, 3.8) is 0 Å². The van der Waals surface area contributed by atoms with Crippen molar-refractivity contribution in [2.75, 3.05) is 6.61 Å². The number of carbonyl (C=O) groups excluding carboxylic acids is 2. The molecule has 7 nitrogen and oxygen atoms in total. The van der Waals surface area contributed by atoms with E-state index >= 15 is 0 Å². The number of rotatable bonds is 8. The quantitative estimate of drug-likeness (QED) is 0.306. The van der Waals surface area contributed by atoms with Crippen molar-refractivity contribution in [3.05, 3.63) is 71.2 Å². The van der Waals surface area contributed by atoms with Crippen molar-refractivity contribution in [1.82, 2.24) is 10.5 Å². The molecule has 2 aromatic carbocycles. The Bertz CT molecular complexity index is 1210. The second kappa shape index (κ2) is 9.15. The molecular weight excluding hydrogens is 427 g/mol. The van der Waals surface area contributed by atoms with Gasteiger partial charge in [-0.3, -0.25) is 19.8 Å². The zero-order valence-electron chi connectivity index (χ0n) is 18.4. The van der Waals surface area contributed by atoms with E-state index in [2.05, 4.69) is 4.98 Å². The molecule has 2 N–H and O–H groups in total. The van der Waals surface area contributed by atoms with Crippen molar-refractivity contribution < 1.29 is 28.7 Å². The van der Waals surface area contributed by atoms with E-state index in [4.69, 9.17) is 14.7 Å². The first-order valence-electron chi connectivity index (χ1n) is 10.8. The van der Waals surface area contributed by atoms with Gasteiger partial charge in [0.2, 0.25) is 5.91 Å². The molecule has 1 aliphatic carbocycles. The number of hydrogen-bond donors (Lipinski definition) is 2. The van der Waals surface area contributed by atoms with Crippen LogP contribution in [0.15, 0.2) is 48.5 Å². The third kappa shape index (κ3) is 4.52. The molecule has 1 aliphatic rings. The largest absolute Gasteiger partial charge is 0.486 e. The summed E-state index contributed by atoms with van der Waals surface area (Å²) in [6, 6.07) is 14.1. The van der Waals surface area contributed by atoms with Crippen LogP contribution in [-0.2, 0) is 27.4 Å². The molecule has 8 heteroatoms. The fourth-order valence-electron chi connectivity index (χ4n) is 4.30. The van der Waals surface area contributed by atoms with E-state index in [0.717, 1.165) is 22.2 Å². The molecule has 2 atom stereocenters. The van der Waals surface area contributed by atoms with Gasteiger partial charge in [-0.15, -0.1) is 0 Å². The number of pyridine rings is 1. The molecule has 1 aromatic heterocycles. The molecule has 1 saturated carbocycles. The molecule has 0 radical (unpaired) electrons. The Kier molecular flexibility index (Phi) is 6.29. The maximum Gasteiger partial charge on any atom is 0.313 e. The van der Waals surface area contributed by atoms with E-state index in [1.165, 1.54) is 12.1 Å². The van der Waals surface area contributed by atoms with E-state index in [1.807, 2.05) is 37.3 Å². The van der Waals surface area contributed by atoms with Crippen LogP contribution >= 0.6 is 0 Å². The molecule has 0 aliphatic heterocycles. The van der Waals surface area contributed by atoms with Gasteiger partial charge in [0.05, 0.1) is 23.5 Å². The Morgan fingerprint density at radius 1 is 1.24 bits per heavy atom. The highest BCUT2D eigenvalue weighted by atomic mass is 19.1. The lowest BCUT2D eigenvalue weighted by molar-refractivity contribution is -0.152. The van der Waals surface area contributed by atoms with Crippen LogP contribution in [0.3, 0.4) is 0 Å². The van der Waals surface area contributed by atoms with Gasteiger partial charge in [0.1, 0.15) is 6.61 Å². The Morgan fingerprint density at radius 2 is 2.03 bits per heavy atom. The van der Waals surface area contributed by atoms with Gasteiger partial charge in [0.15, 0.2) is 11.6 Å². The minimum atomic E-state index is -1.11. The number of aryl methyl sites for hydroxylation is 1. The molecule has 0 bridgehead atoms. The monoisotopic (exact) mass is 452 g/mol. The number of hydrogen-bond acceptors (Lipinski definition) is 6. The number of nitrogens with zero attached hydrogens (tertiary/aromatic N) is 1. The first-order valence-corrected chi connectivity index (χ1v) is 10.8. The number of esters is 1. The molecule has 1 unspecified atom stereocenters. The summed E-state index contributed by atoms with van der Waals surface area (Å²) in [5, 5.41) is 9.88. The third-order valence-electron chi connectivity index (χ3n) is 6.01. The Hall–Kier alpha value is -3.52. The first-order chi connectivity index (χ1) is 15.9. The summed E-state index contributed by atoms with van der Waals surface area (Å²) in [4.78, 5) is 28.9. The van der Waals surface area contributed by atoms with Gasteiger partial charge in [-0.1, -0.05) is 24.3 Å². The molecule has 4 rings (SSSR count). The number of carbonyl (C=O) groups is 2. The van der Waals surface area contributed by atoms with E-state index in [0.29, 0.717) is 5.56 Å².